The third-order valence-corrected chi connectivity index (χ3v) is 3.26. The zero-order chi connectivity index (χ0) is 18.1. The number of nitrogens with zero attached hydrogens (tertiary/aromatic N) is 1. The van der Waals surface area contributed by atoms with Crippen LogP contribution in [0.1, 0.15) is 5.56 Å². The van der Waals surface area contributed by atoms with Crippen molar-refractivity contribution in [2.75, 3.05) is 5.32 Å². The van der Waals surface area contributed by atoms with Crippen LogP contribution >= 0.6 is 11.6 Å². The van der Waals surface area contributed by atoms with Gasteiger partial charge in [-0.05, 0) is 18.2 Å². The minimum Gasteiger partial charge on any atom is -0.351 e. The van der Waals surface area contributed by atoms with E-state index in [1.54, 1.807) is 0 Å². The number of primary amides is 1. The Kier molecular flexibility index (Phi) is 4.65. The van der Waals surface area contributed by atoms with Gasteiger partial charge in [0.2, 0.25) is 0 Å². The lowest BCUT2D eigenvalue weighted by Crippen LogP contribution is -2.20. The van der Waals surface area contributed by atoms with Crippen LogP contribution < -0.4 is 11.1 Å². The molecule has 0 aliphatic carbocycles. The number of nitrogens with two attached hydrogens (primary N) is 1. The zero-order valence-electron chi connectivity index (χ0n) is 11.7. The molecule has 2 amide bonds. The second-order valence-corrected chi connectivity index (χ2v) is 5.08. The first-order valence-electron chi connectivity index (χ1n) is 6.32. The first kappa shape index (κ1) is 17.5. The number of alkyl halides is 3. The molecule has 2 aromatic carbocycles. The standard InChI is InChI=1S/C14H9ClF3N3O3/c15-7-5-9(8-3-1-2-4-10(8)14(16,17)18)12(21(23)24)11(6-7)20-13(19)22/h1-6H,(H3,19,20,22). The number of rotatable bonds is 3. The van der Waals surface area contributed by atoms with Crippen LogP contribution in [0.2, 0.25) is 5.02 Å². The lowest BCUT2D eigenvalue weighted by Gasteiger charge is -2.14. The molecule has 10 heteroatoms. The average Bonchev–Trinajstić information content (AvgIpc) is 2.44. The van der Waals surface area contributed by atoms with Crippen LogP contribution in [0.4, 0.5) is 29.3 Å². The van der Waals surface area contributed by atoms with E-state index in [0.29, 0.717) is 0 Å². The number of hydrogen-bond acceptors (Lipinski definition) is 3. The fraction of sp³-hybridized carbons (Fsp3) is 0.0714. The van der Waals surface area contributed by atoms with Gasteiger partial charge in [0.1, 0.15) is 5.69 Å². The van der Waals surface area contributed by atoms with E-state index in [1.165, 1.54) is 6.07 Å². The van der Waals surface area contributed by atoms with Crippen LogP contribution in [0.25, 0.3) is 11.1 Å². The van der Waals surface area contributed by atoms with Crippen molar-refractivity contribution in [3.8, 4) is 11.1 Å². The van der Waals surface area contributed by atoms with E-state index in [4.69, 9.17) is 17.3 Å². The fourth-order valence-electron chi connectivity index (χ4n) is 2.19. The Morgan fingerprint density at radius 1 is 1.21 bits per heavy atom. The summed E-state index contributed by atoms with van der Waals surface area (Å²) in [6, 6.07) is 5.27. The molecule has 3 N–H and O–H groups in total. The molecular weight excluding hydrogens is 351 g/mol. The molecule has 6 nitrogen and oxygen atoms in total. The fourth-order valence-corrected chi connectivity index (χ4v) is 2.41. The maximum absolute atomic E-state index is 13.2. The molecule has 0 aliphatic heterocycles. The summed E-state index contributed by atoms with van der Waals surface area (Å²) in [5.74, 6) is 0. The van der Waals surface area contributed by atoms with Gasteiger partial charge in [-0.25, -0.2) is 4.79 Å². The quantitative estimate of drug-likeness (QED) is 0.626. The molecule has 2 rings (SSSR count). The van der Waals surface area contributed by atoms with E-state index < -0.39 is 39.6 Å². The molecule has 0 heterocycles. The van der Waals surface area contributed by atoms with Gasteiger partial charge in [0.25, 0.3) is 0 Å². The summed E-state index contributed by atoms with van der Waals surface area (Å²) in [6.07, 6.45) is -4.73. The number of hydrogen-bond donors (Lipinski definition) is 2. The topological polar surface area (TPSA) is 98.3 Å². The van der Waals surface area contributed by atoms with Crippen molar-refractivity contribution >= 4 is 29.0 Å². The minimum atomic E-state index is -4.73. The number of anilines is 1. The van der Waals surface area contributed by atoms with Gasteiger partial charge in [-0.3, -0.25) is 10.1 Å². The Balaban J connectivity index is 2.83. The van der Waals surface area contributed by atoms with Crippen LogP contribution in [0.3, 0.4) is 0 Å². The number of amides is 2. The number of nitro benzene ring substituents is 1. The summed E-state index contributed by atoms with van der Waals surface area (Å²) >= 11 is 5.83. The predicted octanol–water partition coefficient (Wildman–Crippen LogP) is 4.42. The molecule has 0 aromatic heterocycles. The van der Waals surface area contributed by atoms with Crippen LogP contribution in [-0.2, 0) is 6.18 Å². The highest BCUT2D eigenvalue weighted by Gasteiger charge is 2.35. The first-order chi connectivity index (χ1) is 11.1. The van der Waals surface area contributed by atoms with Gasteiger partial charge < -0.3 is 11.1 Å². The van der Waals surface area contributed by atoms with E-state index in [2.05, 4.69) is 0 Å². The van der Waals surface area contributed by atoms with Crippen molar-refractivity contribution in [1.29, 1.82) is 0 Å². The zero-order valence-corrected chi connectivity index (χ0v) is 12.5. The molecule has 2 aromatic rings. The molecule has 0 bridgehead atoms. The van der Waals surface area contributed by atoms with Crippen molar-refractivity contribution in [2.45, 2.75) is 6.18 Å². The molecule has 0 saturated carbocycles. The Bertz CT molecular complexity index is 825. The summed E-state index contributed by atoms with van der Waals surface area (Å²) in [7, 11) is 0. The maximum Gasteiger partial charge on any atom is 0.417 e. The Hall–Kier alpha value is -2.81. The minimum absolute atomic E-state index is 0.101. The third kappa shape index (κ3) is 3.57. The van der Waals surface area contributed by atoms with Gasteiger partial charge in [0, 0.05) is 10.6 Å². The van der Waals surface area contributed by atoms with Crippen molar-refractivity contribution in [1.82, 2.24) is 0 Å². The Morgan fingerprint density at radius 2 is 1.83 bits per heavy atom. The smallest absolute Gasteiger partial charge is 0.351 e. The summed E-state index contributed by atoms with van der Waals surface area (Å²) in [4.78, 5) is 21.4. The number of halogens is 4. The second kappa shape index (κ2) is 6.36. The van der Waals surface area contributed by atoms with Crippen molar-refractivity contribution in [3.63, 3.8) is 0 Å². The molecule has 0 fully saturated rings. The number of carbonyl (C=O) groups is 1. The van der Waals surface area contributed by atoms with Crippen molar-refractivity contribution < 1.29 is 22.9 Å². The maximum atomic E-state index is 13.2. The Labute approximate surface area is 138 Å². The van der Waals surface area contributed by atoms with Gasteiger partial charge >= 0.3 is 17.9 Å². The third-order valence-electron chi connectivity index (χ3n) is 3.04. The number of nitrogens with one attached hydrogen (secondary N) is 1. The monoisotopic (exact) mass is 359 g/mol. The molecule has 0 aliphatic rings. The van der Waals surface area contributed by atoms with Crippen molar-refractivity contribution in [2.24, 2.45) is 5.73 Å². The van der Waals surface area contributed by atoms with Gasteiger partial charge in [-0.15, -0.1) is 0 Å². The van der Waals surface area contributed by atoms with Gasteiger partial charge in [0.05, 0.1) is 16.1 Å². The van der Waals surface area contributed by atoms with E-state index in [-0.39, 0.29) is 10.6 Å². The molecule has 0 saturated heterocycles. The molecule has 126 valence electrons. The van der Waals surface area contributed by atoms with Crippen LogP contribution in [0.15, 0.2) is 36.4 Å². The summed E-state index contributed by atoms with van der Waals surface area (Å²) in [6.45, 7) is 0. The SMILES string of the molecule is NC(=O)Nc1cc(Cl)cc(-c2ccccc2C(F)(F)F)c1[N+](=O)[O-]. The van der Waals surface area contributed by atoms with E-state index in [1.807, 2.05) is 5.32 Å². The Morgan fingerprint density at radius 3 is 2.38 bits per heavy atom. The second-order valence-electron chi connectivity index (χ2n) is 4.64. The number of carbonyl (C=O) groups excluding carboxylic acids is 1. The van der Waals surface area contributed by atoms with Gasteiger partial charge in [-0.2, -0.15) is 13.2 Å². The normalized spacial score (nSPS) is 11.2. The molecular formula is C14H9ClF3N3O3. The van der Waals surface area contributed by atoms with Crippen molar-refractivity contribution in [3.05, 3.63) is 57.1 Å². The van der Waals surface area contributed by atoms with Crippen LogP contribution in [-0.4, -0.2) is 11.0 Å². The summed E-state index contributed by atoms with van der Waals surface area (Å²) in [5, 5.41) is 13.3. The molecule has 24 heavy (non-hydrogen) atoms. The van der Waals surface area contributed by atoms with Crippen LogP contribution in [0.5, 0.6) is 0 Å². The molecule has 0 atom stereocenters. The van der Waals surface area contributed by atoms with Gasteiger partial charge in [-0.1, -0.05) is 29.8 Å². The highest BCUT2D eigenvalue weighted by molar-refractivity contribution is 6.31. The molecule has 0 unspecified atom stereocenters. The lowest BCUT2D eigenvalue weighted by atomic mass is 9.97. The van der Waals surface area contributed by atoms with E-state index in [9.17, 15) is 28.1 Å². The first-order valence-corrected chi connectivity index (χ1v) is 6.70. The van der Waals surface area contributed by atoms with E-state index in [0.717, 1.165) is 30.3 Å². The molecule has 0 radical (unpaired) electrons. The number of benzene rings is 2. The van der Waals surface area contributed by atoms with Crippen LogP contribution in [0, 0.1) is 10.1 Å². The highest BCUT2D eigenvalue weighted by atomic mass is 35.5. The largest absolute Gasteiger partial charge is 0.417 e. The summed E-state index contributed by atoms with van der Waals surface area (Å²) in [5.41, 5.74) is 1.91. The molecule has 0 spiro atoms. The van der Waals surface area contributed by atoms with Gasteiger partial charge in [0.15, 0.2) is 0 Å². The average molecular weight is 360 g/mol. The van der Waals surface area contributed by atoms with E-state index >= 15 is 0 Å². The number of nitro groups is 1. The highest BCUT2D eigenvalue weighted by Crippen LogP contribution is 2.44. The predicted molar refractivity (Wildman–Crippen MR) is 81.8 cm³/mol. The summed E-state index contributed by atoms with van der Waals surface area (Å²) < 4.78 is 39.6. The lowest BCUT2D eigenvalue weighted by molar-refractivity contribution is -0.383. The number of urea groups is 1.